The number of benzene rings is 1. The topological polar surface area (TPSA) is 35.0 Å². The Bertz CT molecular complexity index is 614. The summed E-state index contributed by atoms with van der Waals surface area (Å²) >= 11 is 12.7. The second kappa shape index (κ2) is 6.30. The fourth-order valence-electron chi connectivity index (χ4n) is 2.52. The summed E-state index contributed by atoms with van der Waals surface area (Å²) in [6.07, 6.45) is 1.83. The number of hydrogen-bond donors (Lipinski definition) is 0. The average molecular weight is 323 g/mol. The van der Waals surface area contributed by atoms with Gasteiger partial charge in [-0.15, -0.1) is 0 Å². The molecule has 0 spiro atoms. The van der Waals surface area contributed by atoms with Crippen LogP contribution in [-0.4, -0.2) is 23.2 Å². The number of aryl methyl sites for hydroxylation is 1. The minimum Gasteiger partial charge on any atom is -0.381 e. The van der Waals surface area contributed by atoms with E-state index in [-0.39, 0.29) is 5.92 Å². The monoisotopic (exact) mass is 322 g/mol. The Morgan fingerprint density at radius 1 is 1.00 bits per heavy atom. The third-order valence-electron chi connectivity index (χ3n) is 3.76. The van der Waals surface area contributed by atoms with Crippen LogP contribution < -0.4 is 0 Å². The summed E-state index contributed by atoms with van der Waals surface area (Å²) in [5.41, 5.74) is 2.83. The van der Waals surface area contributed by atoms with Crippen LogP contribution in [0, 0.1) is 6.92 Å². The Labute approximate surface area is 134 Å². The molecule has 3 rings (SSSR count). The third-order valence-corrected chi connectivity index (χ3v) is 4.31. The van der Waals surface area contributed by atoms with E-state index < -0.39 is 0 Å². The van der Waals surface area contributed by atoms with Gasteiger partial charge in [0.15, 0.2) is 0 Å². The van der Waals surface area contributed by atoms with Crippen molar-refractivity contribution in [2.75, 3.05) is 13.2 Å². The molecule has 5 heteroatoms. The lowest BCUT2D eigenvalue weighted by Gasteiger charge is -2.21. The van der Waals surface area contributed by atoms with Crippen molar-refractivity contribution in [3.63, 3.8) is 0 Å². The molecule has 0 N–H and O–H groups in total. The van der Waals surface area contributed by atoms with E-state index in [0.29, 0.717) is 15.9 Å². The van der Waals surface area contributed by atoms with Crippen molar-refractivity contribution in [3.8, 4) is 11.1 Å². The van der Waals surface area contributed by atoms with E-state index in [1.165, 1.54) is 5.56 Å². The fraction of sp³-hybridized carbons (Fsp3) is 0.375. The molecule has 1 aliphatic heterocycles. The molecular weight excluding hydrogens is 307 g/mol. The van der Waals surface area contributed by atoms with Crippen molar-refractivity contribution in [2.45, 2.75) is 25.7 Å². The first-order valence-electron chi connectivity index (χ1n) is 7.03. The molecule has 1 aromatic heterocycles. The van der Waals surface area contributed by atoms with Crippen molar-refractivity contribution in [1.82, 2.24) is 9.97 Å². The summed E-state index contributed by atoms with van der Waals surface area (Å²) in [5.74, 6) is 1.00. The predicted molar refractivity (Wildman–Crippen MR) is 85.0 cm³/mol. The number of nitrogens with zero attached hydrogens (tertiary/aromatic N) is 2. The largest absolute Gasteiger partial charge is 0.381 e. The number of aromatic nitrogens is 2. The van der Waals surface area contributed by atoms with Crippen LogP contribution in [0.3, 0.4) is 0 Å². The van der Waals surface area contributed by atoms with Gasteiger partial charge in [-0.05, 0) is 25.3 Å². The molecule has 1 aromatic carbocycles. The molecule has 0 bridgehead atoms. The summed E-state index contributed by atoms with van der Waals surface area (Å²) in [5, 5.41) is 0.834. The molecule has 110 valence electrons. The van der Waals surface area contributed by atoms with Crippen LogP contribution in [-0.2, 0) is 4.74 Å². The van der Waals surface area contributed by atoms with Crippen LogP contribution in [0.25, 0.3) is 11.1 Å². The molecule has 0 aliphatic carbocycles. The lowest BCUT2D eigenvalue weighted by Crippen LogP contribution is -2.16. The summed E-state index contributed by atoms with van der Waals surface area (Å²) in [6, 6.07) is 8.02. The van der Waals surface area contributed by atoms with E-state index in [2.05, 4.69) is 9.97 Å². The maximum atomic E-state index is 6.36. The van der Waals surface area contributed by atoms with Gasteiger partial charge in [-0.3, -0.25) is 0 Å². The lowest BCUT2D eigenvalue weighted by molar-refractivity contribution is 0.0836. The standard InChI is InChI=1S/C16H16Cl2N2O/c1-10-2-4-11(5-3-10)13-14(17)19-16(20-15(13)18)12-6-8-21-9-7-12/h2-5,12H,6-9H2,1H3. The zero-order chi connectivity index (χ0) is 14.8. The Morgan fingerprint density at radius 3 is 2.14 bits per heavy atom. The molecule has 1 saturated heterocycles. The van der Waals surface area contributed by atoms with Crippen LogP contribution in [0.5, 0.6) is 0 Å². The molecule has 0 unspecified atom stereocenters. The molecule has 2 heterocycles. The molecule has 2 aromatic rings. The fourth-order valence-corrected chi connectivity index (χ4v) is 3.14. The van der Waals surface area contributed by atoms with Gasteiger partial charge in [-0.25, -0.2) is 9.97 Å². The van der Waals surface area contributed by atoms with Crippen LogP contribution in [0.15, 0.2) is 24.3 Å². The van der Waals surface area contributed by atoms with E-state index >= 15 is 0 Å². The molecule has 0 atom stereocenters. The SMILES string of the molecule is Cc1ccc(-c2c(Cl)nc(C3CCOCC3)nc2Cl)cc1. The van der Waals surface area contributed by atoms with Gasteiger partial charge in [0, 0.05) is 19.1 Å². The first-order valence-corrected chi connectivity index (χ1v) is 7.78. The zero-order valence-electron chi connectivity index (χ0n) is 11.8. The van der Waals surface area contributed by atoms with Gasteiger partial charge in [-0.1, -0.05) is 53.0 Å². The van der Waals surface area contributed by atoms with Crippen molar-refractivity contribution in [1.29, 1.82) is 0 Å². The number of hydrogen-bond acceptors (Lipinski definition) is 3. The molecule has 1 fully saturated rings. The Balaban J connectivity index is 1.97. The van der Waals surface area contributed by atoms with Crippen molar-refractivity contribution >= 4 is 23.2 Å². The van der Waals surface area contributed by atoms with E-state index in [9.17, 15) is 0 Å². The maximum Gasteiger partial charge on any atom is 0.142 e. The summed E-state index contributed by atoms with van der Waals surface area (Å²) in [6.45, 7) is 3.52. The summed E-state index contributed by atoms with van der Waals surface area (Å²) in [7, 11) is 0. The highest BCUT2D eigenvalue weighted by Gasteiger charge is 2.22. The molecule has 0 radical (unpaired) electrons. The molecule has 3 nitrogen and oxygen atoms in total. The van der Waals surface area contributed by atoms with E-state index in [0.717, 1.165) is 37.4 Å². The smallest absolute Gasteiger partial charge is 0.142 e. The molecule has 0 saturated carbocycles. The van der Waals surface area contributed by atoms with Gasteiger partial charge in [0.05, 0.1) is 5.56 Å². The zero-order valence-corrected chi connectivity index (χ0v) is 13.3. The Hall–Kier alpha value is -1.16. The first-order chi connectivity index (χ1) is 10.1. The molecule has 0 amide bonds. The van der Waals surface area contributed by atoms with Crippen molar-refractivity contribution in [2.24, 2.45) is 0 Å². The van der Waals surface area contributed by atoms with Crippen LogP contribution in [0.1, 0.15) is 30.1 Å². The number of rotatable bonds is 2. The number of ether oxygens (including phenoxy) is 1. The lowest BCUT2D eigenvalue weighted by atomic mass is 9.99. The van der Waals surface area contributed by atoms with E-state index in [1.54, 1.807) is 0 Å². The Morgan fingerprint density at radius 2 is 1.57 bits per heavy atom. The average Bonchev–Trinajstić information content (AvgIpc) is 2.49. The van der Waals surface area contributed by atoms with Crippen LogP contribution in [0.4, 0.5) is 0 Å². The predicted octanol–water partition coefficient (Wildman–Crippen LogP) is 4.65. The molecule has 1 aliphatic rings. The second-order valence-corrected chi connectivity index (χ2v) is 6.01. The van der Waals surface area contributed by atoms with Crippen LogP contribution in [0.2, 0.25) is 10.3 Å². The highest BCUT2D eigenvalue weighted by molar-refractivity contribution is 6.37. The van der Waals surface area contributed by atoms with Crippen LogP contribution >= 0.6 is 23.2 Å². The van der Waals surface area contributed by atoms with Gasteiger partial charge in [0.25, 0.3) is 0 Å². The second-order valence-electron chi connectivity index (χ2n) is 5.29. The highest BCUT2D eigenvalue weighted by Crippen LogP contribution is 2.35. The highest BCUT2D eigenvalue weighted by atomic mass is 35.5. The van der Waals surface area contributed by atoms with E-state index in [4.69, 9.17) is 27.9 Å². The molecular formula is C16H16Cl2N2O. The van der Waals surface area contributed by atoms with Gasteiger partial charge < -0.3 is 4.74 Å². The maximum absolute atomic E-state index is 6.36. The van der Waals surface area contributed by atoms with E-state index in [1.807, 2.05) is 31.2 Å². The Kier molecular flexibility index (Phi) is 4.43. The summed E-state index contributed by atoms with van der Waals surface area (Å²) < 4.78 is 5.36. The van der Waals surface area contributed by atoms with Gasteiger partial charge >= 0.3 is 0 Å². The first kappa shape index (κ1) is 14.8. The minimum atomic E-state index is 0.279. The summed E-state index contributed by atoms with van der Waals surface area (Å²) in [4.78, 5) is 8.94. The minimum absolute atomic E-state index is 0.279. The quantitative estimate of drug-likeness (QED) is 0.755. The van der Waals surface area contributed by atoms with Gasteiger partial charge in [0.1, 0.15) is 16.1 Å². The van der Waals surface area contributed by atoms with Crippen molar-refractivity contribution in [3.05, 3.63) is 46.0 Å². The number of halogens is 2. The molecule has 21 heavy (non-hydrogen) atoms. The van der Waals surface area contributed by atoms with Crippen molar-refractivity contribution < 1.29 is 4.74 Å². The van der Waals surface area contributed by atoms with Gasteiger partial charge in [0.2, 0.25) is 0 Å². The third kappa shape index (κ3) is 3.20. The normalized spacial score (nSPS) is 16.1. The van der Waals surface area contributed by atoms with Gasteiger partial charge in [-0.2, -0.15) is 0 Å².